The zero-order valence-corrected chi connectivity index (χ0v) is 18.0. The summed E-state index contributed by atoms with van der Waals surface area (Å²) in [6.45, 7) is 2.58. The minimum atomic E-state index is -2.67. The molecule has 1 aliphatic heterocycles. The zero-order valence-electron chi connectivity index (χ0n) is 17.2. The fourth-order valence-electron chi connectivity index (χ4n) is 3.31. The maximum absolute atomic E-state index is 12.7. The molecule has 0 radical (unpaired) electrons. The molecule has 1 heterocycles. The molecule has 1 atom stereocenters. The highest BCUT2D eigenvalue weighted by molar-refractivity contribution is 7.99. The van der Waals surface area contributed by atoms with Crippen LogP contribution < -0.4 is 5.32 Å². The Labute approximate surface area is 187 Å². The number of fused-ring (bicyclic) bond motifs is 1. The number of esters is 1. The Balaban J connectivity index is 1.68. The van der Waals surface area contributed by atoms with Crippen molar-refractivity contribution in [1.82, 2.24) is 4.90 Å². The number of benzene rings is 2. The maximum atomic E-state index is 12.7. The maximum Gasteiger partial charge on any atom is 0.330 e. The van der Waals surface area contributed by atoms with E-state index in [0.29, 0.717) is 0 Å². The van der Waals surface area contributed by atoms with E-state index in [2.05, 4.69) is 5.32 Å². The number of nitrogens with zero attached hydrogens (tertiary/aromatic N) is 1. The molecule has 168 valence electrons. The number of halogens is 2. The van der Waals surface area contributed by atoms with Gasteiger partial charge in [0.1, 0.15) is 6.04 Å². The van der Waals surface area contributed by atoms with E-state index in [0.717, 1.165) is 4.90 Å². The molecule has 0 aromatic heterocycles. The van der Waals surface area contributed by atoms with Gasteiger partial charge in [-0.25, -0.2) is 4.79 Å². The minimum absolute atomic E-state index is 0.152. The van der Waals surface area contributed by atoms with Crippen LogP contribution in [0.1, 0.15) is 34.6 Å². The largest absolute Gasteiger partial charge is 0.454 e. The monoisotopic (exact) mass is 462 g/mol. The van der Waals surface area contributed by atoms with Gasteiger partial charge in [0.15, 0.2) is 6.61 Å². The van der Waals surface area contributed by atoms with Gasteiger partial charge in [-0.3, -0.25) is 19.3 Å². The standard InChI is InChI=1S/C22H20F2N2O5S/c1-12(2)18(26-19(28)13-7-3-4-8-14(13)20(26)29)21(30)31-11-17(27)25-15-9-5-6-10-16(15)32-22(23)24/h3-10,12,18,22H,11H2,1-2H3,(H,25,27)/t18-/m0/s1. The van der Waals surface area contributed by atoms with Gasteiger partial charge < -0.3 is 10.1 Å². The van der Waals surface area contributed by atoms with Crippen LogP contribution in [0.2, 0.25) is 0 Å². The van der Waals surface area contributed by atoms with E-state index >= 15 is 0 Å². The molecule has 0 saturated heterocycles. The lowest BCUT2D eigenvalue weighted by molar-refractivity contribution is -0.152. The van der Waals surface area contributed by atoms with Crippen molar-refractivity contribution < 1.29 is 32.7 Å². The lowest BCUT2D eigenvalue weighted by Crippen LogP contribution is -2.49. The van der Waals surface area contributed by atoms with E-state index in [4.69, 9.17) is 4.74 Å². The Morgan fingerprint density at radius 3 is 2.12 bits per heavy atom. The number of ether oxygens (including phenoxy) is 1. The van der Waals surface area contributed by atoms with Crippen LogP contribution in [0, 0.1) is 5.92 Å². The Morgan fingerprint density at radius 1 is 1.00 bits per heavy atom. The lowest BCUT2D eigenvalue weighted by Gasteiger charge is -2.27. The predicted octanol–water partition coefficient (Wildman–Crippen LogP) is 3.80. The van der Waals surface area contributed by atoms with Crippen molar-refractivity contribution >= 4 is 41.1 Å². The van der Waals surface area contributed by atoms with Crippen molar-refractivity contribution in [2.45, 2.75) is 30.5 Å². The molecule has 0 unspecified atom stereocenters. The van der Waals surface area contributed by atoms with Crippen LogP contribution in [0.25, 0.3) is 0 Å². The van der Waals surface area contributed by atoms with Crippen LogP contribution in [0.4, 0.5) is 14.5 Å². The summed E-state index contributed by atoms with van der Waals surface area (Å²) in [6.07, 6.45) is 0. The summed E-state index contributed by atoms with van der Waals surface area (Å²) in [6, 6.07) is 11.0. The summed E-state index contributed by atoms with van der Waals surface area (Å²) in [5, 5.41) is 2.42. The van der Waals surface area contributed by atoms with Crippen LogP contribution >= 0.6 is 11.8 Å². The van der Waals surface area contributed by atoms with Crippen molar-refractivity contribution in [1.29, 1.82) is 0 Å². The molecule has 10 heteroatoms. The van der Waals surface area contributed by atoms with Gasteiger partial charge in [0.25, 0.3) is 23.5 Å². The molecule has 3 amide bonds. The molecule has 2 aromatic carbocycles. The highest BCUT2D eigenvalue weighted by Gasteiger charge is 2.44. The van der Waals surface area contributed by atoms with Gasteiger partial charge in [-0.15, -0.1) is 0 Å². The smallest absolute Gasteiger partial charge is 0.330 e. The number of imide groups is 1. The SMILES string of the molecule is CC(C)[C@@H](C(=O)OCC(=O)Nc1ccccc1SC(F)F)N1C(=O)c2ccccc2C1=O. The first kappa shape index (κ1) is 23.4. The van der Waals surface area contributed by atoms with Crippen LogP contribution in [0.5, 0.6) is 0 Å². The Bertz CT molecular complexity index is 1030. The number of para-hydroxylation sites is 1. The first-order valence-electron chi connectivity index (χ1n) is 9.68. The average molecular weight is 462 g/mol. The topological polar surface area (TPSA) is 92.8 Å². The number of hydrogen-bond donors (Lipinski definition) is 1. The second kappa shape index (κ2) is 9.90. The summed E-state index contributed by atoms with van der Waals surface area (Å²) in [7, 11) is 0. The summed E-state index contributed by atoms with van der Waals surface area (Å²) in [5.74, 6) is -6.02. The molecule has 7 nitrogen and oxygen atoms in total. The molecular formula is C22H20F2N2O5S. The first-order valence-corrected chi connectivity index (χ1v) is 10.6. The Morgan fingerprint density at radius 2 is 1.56 bits per heavy atom. The van der Waals surface area contributed by atoms with E-state index in [1.165, 1.54) is 24.3 Å². The zero-order chi connectivity index (χ0) is 23.4. The number of rotatable bonds is 8. The highest BCUT2D eigenvalue weighted by atomic mass is 32.2. The summed E-state index contributed by atoms with van der Waals surface area (Å²) >= 11 is 0.274. The molecule has 3 rings (SSSR count). The molecule has 0 bridgehead atoms. The van der Waals surface area contributed by atoms with Gasteiger partial charge >= 0.3 is 5.97 Å². The lowest BCUT2D eigenvalue weighted by atomic mass is 10.0. The fraction of sp³-hybridized carbons (Fsp3) is 0.273. The number of nitrogens with one attached hydrogen (secondary N) is 1. The van der Waals surface area contributed by atoms with Gasteiger partial charge in [-0.2, -0.15) is 8.78 Å². The number of alkyl halides is 2. The number of anilines is 1. The number of hydrogen-bond acceptors (Lipinski definition) is 6. The third-order valence-corrected chi connectivity index (χ3v) is 5.49. The van der Waals surface area contributed by atoms with E-state index < -0.39 is 48.0 Å². The second-order valence-corrected chi connectivity index (χ2v) is 8.28. The van der Waals surface area contributed by atoms with Crippen LogP contribution in [-0.2, 0) is 14.3 Å². The van der Waals surface area contributed by atoms with Crippen molar-refractivity contribution in [3.63, 3.8) is 0 Å². The molecule has 32 heavy (non-hydrogen) atoms. The third-order valence-electron chi connectivity index (χ3n) is 4.70. The second-order valence-electron chi connectivity index (χ2n) is 7.25. The summed E-state index contributed by atoms with van der Waals surface area (Å²) < 4.78 is 30.5. The third kappa shape index (κ3) is 4.96. The normalized spacial score (nSPS) is 14.0. The Kier molecular flexibility index (Phi) is 7.24. The number of amides is 3. The molecule has 0 saturated carbocycles. The molecule has 1 N–H and O–H groups in total. The quantitative estimate of drug-likeness (QED) is 0.364. The van der Waals surface area contributed by atoms with Crippen molar-refractivity contribution in [3.8, 4) is 0 Å². The van der Waals surface area contributed by atoms with Gasteiger partial charge in [-0.1, -0.05) is 49.9 Å². The van der Waals surface area contributed by atoms with Gasteiger partial charge in [0.2, 0.25) is 0 Å². The van der Waals surface area contributed by atoms with E-state index in [1.807, 2.05) is 0 Å². The highest BCUT2D eigenvalue weighted by Crippen LogP contribution is 2.31. The van der Waals surface area contributed by atoms with E-state index in [-0.39, 0.29) is 33.5 Å². The summed E-state index contributed by atoms with van der Waals surface area (Å²) in [4.78, 5) is 51.4. The molecule has 2 aromatic rings. The summed E-state index contributed by atoms with van der Waals surface area (Å²) in [5.41, 5.74) is 0.545. The van der Waals surface area contributed by atoms with Crippen LogP contribution in [-0.4, -0.2) is 47.0 Å². The molecule has 1 aliphatic rings. The molecule has 0 fully saturated rings. The van der Waals surface area contributed by atoms with Gasteiger partial charge in [-0.05, 0) is 30.2 Å². The van der Waals surface area contributed by atoms with Crippen molar-refractivity contribution in [3.05, 3.63) is 59.7 Å². The number of carbonyl (C=O) groups is 4. The van der Waals surface area contributed by atoms with Crippen LogP contribution in [0.15, 0.2) is 53.4 Å². The van der Waals surface area contributed by atoms with Crippen molar-refractivity contribution in [2.24, 2.45) is 5.92 Å². The Hall–Kier alpha value is -3.27. The van der Waals surface area contributed by atoms with Crippen LogP contribution in [0.3, 0.4) is 0 Å². The fourth-order valence-corrected chi connectivity index (χ4v) is 3.91. The average Bonchev–Trinajstić information content (AvgIpc) is 2.99. The molecule has 0 spiro atoms. The van der Waals surface area contributed by atoms with Gasteiger partial charge in [0.05, 0.1) is 16.8 Å². The van der Waals surface area contributed by atoms with E-state index in [9.17, 15) is 28.0 Å². The first-order chi connectivity index (χ1) is 15.2. The van der Waals surface area contributed by atoms with Crippen molar-refractivity contribution in [2.75, 3.05) is 11.9 Å². The molecule has 0 aliphatic carbocycles. The number of carbonyl (C=O) groups excluding carboxylic acids is 4. The predicted molar refractivity (Wildman–Crippen MR) is 113 cm³/mol. The van der Waals surface area contributed by atoms with Gasteiger partial charge in [0, 0.05) is 4.90 Å². The van der Waals surface area contributed by atoms with E-state index in [1.54, 1.807) is 38.1 Å². The number of thioether (sulfide) groups is 1. The minimum Gasteiger partial charge on any atom is -0.454 e. The molecular weight excluding hydrogens is 442 g/mol.